The van der Waals surface area contributed by atoms with E-state index in [9.17, 15) is 65.9 Å². The maximum Gasteiger partial charge on any atom is 0.416 e. The Balaban J connectivity index is 0.000000289. The van der Waals surface area contributed by atoms with E-state index in [1.165, 1.54) is 16.8 Å². The molecule has 7 aromatic rings. The van der Waals surface area contributed by atoms with Crippen LogP contribution < -0.4 is 26.4 Å². The van der Waals surface area contributed by atoms with Gasteiger partial charge < -0.3 is 0 Å². The molecule has 65 heavy (non-hydrogen) atoms. The number of thiazole rings is 1. The lowest BCUT2D eigenvalue weighted by molar-refractivity contribution is -0.658. The fourth-order valence-electron chi connectivity index (χ4n) is 6.96. The van der Waals surface area contributed by atoms with Crippen molar-refractivity contribution in [1.82, 2.24) is 0 Å². The Hall–Kier alpha value is -6.34. The first-order valence-corrected chi connectivity index (χ1v) is 17.9. The zero-order chi connectivity index (χ0) is 48.5. The second-order valence-corrected chi connectivity index (χ2v) is 14.2. The molecule has 0 aliphatic carbocycles. The zero-order valence-corrected chi connectivity index (χ0v) is 31.3. The lowest BCUT2D eigenvalue weighted by Crippen LogP contribution is -2.81. The highest BCUT2D eigenvalue weighted by molar-refractivity contribution is 7.20. The van der Waals surface area contributed by atoms with Crippen LogP contribution in [0.5, 0.6) is 0 Å². The molecule has 0 saturated heterocycles. The standard InChI is InChI=1S/C24BF20.C15H11F3NS/c26-5-1(6(27)14(35)21(42)13(5)34)25(2-7(28)15(36)22(43)16(37)8(2)29,3-9(30)17(38)23(44)18(39)10(3)31)4-11(32)19(40)24(45)20(41)12(4)33;16-15(17,18)12-7-5-11(6-8-12)9-19-10-20-14-4-2-1-3-13(14)19/h;1-8,10H,9H2/q-1;+1. The topological polar surface area (TPSA) is 3.88 Å². The molecule has 1 heterocycles. The molecular weight excluding hydrogens is 962 g/mol. The van der Waals surface area contributed by atoms with E-state index in [0.29, 0.717) is 6.54 Å². The van der Waals surface area contributed by atoms with Gasteiger partial charge in [-0.05, 0) is 18.2 Å². The molecule has 0 bridgehead atoms. The van der Waals surface area contributed by atoms with Gasteiger partial charge in [0.25, 0.3) is 0 Å². The smallest absolute Gasteiger partial charge is 0.207 e. The highest BCUT2D eigenvalue weighted by Crippen LogP contribution is 2.32. The predicted octanol–water partition coefficient (Wildman–Crippen LogP) is 10.1. The highest BCUT2D eigenvalue weighted by Gasteiger charge is 2.52. The summed E-state index contributed by atoms with van der Waals surface area (Å²) in [6, 6.07) is 13.3. The van der Waals surface area contributed by atoms with Crippen molar-refractivity contribution in [3.05, 3.63) is 182 Å². The molecule has 0 atom stereocenters. The maximum atomic E-state index is 15.4. The van der Waals surface area contributed by atoms with Crippen molar-refractivity contribution >= 4 is 49.6 Å². The highest BCUT2D eigenvalue weighted by atomic mass is 32.1. The second kappa shape index (κ2) is 17.2. The first kappa shape index (κ1) is 48.1. The molecule has 1 aromatic heterocycles. The molecule has 0 fully saturated rings. The van der Waals surface area contributed by atoms with Crippen LogP contribution in [0.3, 0.4) is 0 Å². The van der Waals surface area contributed by atoms with Crippen molar-refractivity contribution < 1.29 is 106 Å². The number of alkyl halides is 3. The first-order valence-electron chi connectivity index (χ1n) is 17.0. The predicted molar refractivity (Wildman–Crippen MR) is 182 cm³/mol. The van der Waals surface area contributed by atoms with Gasteiger partial charge in [-0.1, -0.05) is 35.6 Å². The molecule has 0 amide bonds. The van der Waals surface area contributed by atoms with Crippen molar-refractivity contribution in [3.63, 3.8) is 0 Å². The van der Waals surface area contributed by atoms with Crippen molar-refractivity contribution in [2.75, 3.05) is 0 Å². The third-order valence-corrected chi connectivity index (χ3v) is 10.8. The van der Waals surface area contributed by atoms with Crippen LogP contribution in [0.1, 0.15) is 11.1 Å². The second-order valence-electron chi connectivity index (χ2n) is 13.3. The lowest BCUT2D eigenvalue weighted by atomic mass is 9.12. The number of para-hydroxylation sites is 1. The summed E-state index contributed by atoms with van der Waals surface area (Å²) in [6.07, 6.45) is -11.5. The van der Waals surface area contributed by atoms with Gasteiger partial charge in [0.15, 0.2) is 76.4 Å². The minimum Gasteiger partial charge on any atom is -0.207 e. The summed E-state index contributed by atoms with van der Waals surface area (Å²) in [5, 5.41) is 0. The van der Waals surface area contributed by atoms with Gasteiger partial charge >= 0.3 is 6.18 Å². The fourth-order valence-corrected chi connectivity index (χ4v) is 7.86. The van der Waals surface area contributed by atoms with Crippen molar-refractivity contribution in [1.29, 1.82) is 0 Å². The minimum atomic E-state index is -7.22. The number of hydrogen-bond acceptors (Lipinski definition) is 1. The number of nitrogens with zero attached hydrogens (tertiary/aromatic N) is 1. The number of rotatable bonds is 6. The van der Waals surface area contributed by atoms with Crippen LogP contribution in [0.15, 0.2) is 54.0 Å². The van der Waals surface area contributed by atoms with Crippen LogP contribution >= 0.6 is 11.3 Å². The SMILES string of the molecule is FC(F)(F)c1ccc(C[n+]2csc3ccccc32)cc1.Fc1c(F)c(F)c([B-](c2c(F)c(F)c(F)c(F)c2F)(c2c(F)c(F)c(F)c(F)c2F)c2c(F)c(F)c(F)c(F)c2F)c(F)c1F. The third-order valence-electron chi connectivity index (χ3n) is 9.82. The average molecular weight is 973 g/mol. The Kier molecular flexibility index (Phi) is 12.8. The number of benzene rings is 6. The molecule has 0 saturated carbocycles. The Morgan fingerprint density at radius 1 is 0.369 bits per heavy atom. The average Bonchev–Trinajstić information content (AvgIpc) is 3.68. The van der Waals surface area contributed by atoms with Gasteiger partial charge in [0.05, 0.1) is 5.56 Å². The minimum absolute atomic E-state index is 0.572. The summed E-state index contributed by atoms with van der Waals surface area (Å²) in [4.78, 5) is 0. The number of fused-ring (bicyclic) bond motifs is 1. The van der Waals surface area contributed by atoms with Crippen LogP contribution in [-0.4, -0.2) is 6.15 Å². The summed E-state index contributed by atoms with van der Waals surface area (Å²) < 4.78 is 335. The Labute approximate surface area is 349 Å². The Morgan fingerprint density at radius 3 is 0.938 bits per heavy atom. The van der Waals surface area contributed by atoms with E-state index in [2.05, 4.69) is 0 Å². The van der Waals surface area contributed by atoms with Crippen LogP contribution in [-0.2, 0) is 12.7 Å². The van der Waals surface area contributed by atoms with Gasteiger partial charge in [0, 0.05) is 11.6 Å². The molecule has 26 heteroatoms. The third kappa shape index (κ3) is 7.57. The summed E-state index contributed by atoms with van der Waals surface area (Å²) in [5.41, 5.74) is -11.0. The molecule has 342 valence electrons. The van der Waals surface area contributed by atoms with E-state index in [0.717, 1.165) is 23.2 Å². The fraction of sp³-hybridized carbons (Fsp3) is 0.0513. The number of halogens is 23. The zero-order valence-electron chi connectivity index (χ0n) is 30.5. The normalized spacial score (nSPS) is 12.0. The quantitative estimate of drug-likeness (QED) is 0.0514. The molecule has 6 aromatic carbocycles. The summed E-state index contributed by atoms with van der Waals surface area (Å²) >= 11 is 1.62. The van der Waals surface area contributed by atoms with Crippen LogP contribution in [0.2, 0.25) is 0 Å². The molecule has 0 aliphatic rings. The molecule has 0 aliphatic heterocycles. The van der Waals surface area contributed by atoms with Crippen LogP contribution in [0, 0.1) is 116 Å². The van der Waals surface area contributed by atoms with Crippen molar-refractivity contribution in [2.24, 2.45) is 0 Å². The molecule has 1 nitrogen and oxygen atoms in total. The summed E-state index contributed by atoms with van der Waals surface area (Å²) in [7, 11) is 0. The van der Waals surface area contributed by atoms with E-state index in [4.69, 9.17) is 0 Å². The molecule has 0 N–H and O–H groups in total. The molecule has 7 rings (SSSR count). The van der Waals surface area contributed by atoms with E-state index < -0.39 is 156 Å². The molecular formula is C39H11BF23NS. The Morgan fingerprint density at radius 2 is 0.646 bits per heavy atom. The van der Waals surface area contributed by atoms with E-state index >= 15 is 35.1 Å². The molecule has 0 unspecified atom stereocenters. The largest absolute Gasteiger partial charge is 0.416 e. The summed E-state index contributed by atoms with van der Waals surface area (Å²) in [6.45, 7) is 0.572. The van der Waals surface area contributed by atoms with E-state index in [1.807, 2.05) is 34.3 Å². The van der Waals surface area contributed by atoms with Gasteiger partial charge in [-0.2, -0.15) is 17.7 Å². The summed E-state index contributed by atoms with van der Waals surface area (Å²) in [5.74, 6) is -71.4. The van der Waals surface area contributed by atoms with Gasteiger partial charge in [-0.15, -0.1) is 21.9 Å². The van der Waals surface area contributed by atoms with Crippen molar-refractivity contribution in [3.8, 4) is 0 Å². The lowest BCUT2D eigenvalue weighted by Gasteiger charge is -2.44. The first-order chi connectivity index (χ1) is 30.2. The maximum absolute atomic E-state index is 15.4. The molecule has 0 spiro atoms. The van der Waals surface area contributed by atoms with Gasteiger partial charge in [0.1, 0.15) is 57.4 Å². The van der Waals surface area contributed by atoms with Gasteiger partial charge in [0.2, 0.25) is 11.0 Å². The monoisotopic (exact) mass is 973 g/mol. The number of aromatic nitrogens is 1. The van der Waals surface area contributed by atoms with E-state index in [-0.39, 0.29) is 0 Å². The van der Waals surface area contributed by atoms with Gasteiger partial charge in [-0.3, -0.25) is 0 Å². The number of hydrogen-bond donors (Lipinski definition) is 0. The van der Waals surface area contributed by atoms with Crippen LogP contribution in [0.25, 0.3) is 10.2 Å². The molecule has 0 radical (unpaired) electrons. The van der Waals surface area contributed by atoms with Crippen LogP contribution in [0.4, 0.5) is 101 Å². The van der Waals surface area contributed by atoms with Gasteiger partial charge in [-0.25, -0.2) is 87.8 Å². The van der Waals surface area contributed by atoms with E-state index in [1.54, 1.807) is 11.3 Å². The van der Waals surface area contributed by atoms with Crippen molar-refractivity contribution in [2.45, 2.75) is 12.7 Å². The Bertz CT molecular complexity index is 2670.